The summed E-state index contributed by atoms with van der Waals surface area (Å²) in [5.41, 5.74) is 6.41. The van der Waals surface area contributed by atoms with E-state index in [-0.39, 0.29) is 35.8 Å². The molecule has 2 saturated heterocycles. The van der Waals surface area contributed by atoms with Crippen LogP contribution in [0.15, 0.2) is 12.2 Å². The molecule has 0 radical (unpaired) electrons. The van der Waals surface area contributed by atoms with Gasteiger partial charge in [0.1, 0.15) is 23.7 Å². The second kappa shape index (κ2) is 21.4. The van der Waals surface area contributed by atoms with Gasteiger partial charge in [-0.3, -0.25) is 15.3 Å². The number of allylic oxidation sites excluding steroid dienone is 2. The molecule has 2 heterocycles. The first kappa shape index (κ1) is 43.0. The molecule has 2 aliphatic heterocycles. The highest BCUT2D eigenvalue weighted by atomic mass is 16.5. The topological polar surface area (TPSA) is 163 Å². The van der Waals surface area contributed by atoms with Gasteiger partial charge in [0.05, 0.1) is 50.0 Å². The minimum atomic E-state index is -0.786. The van der Waals surface area contributed by atoms with Gasteiger partial charge in [0.25, 0.3) is 0 Å². The maximum Gasteiger partial charge on any atom is 0.150 e. The number of aliphatic hydroxyl groups is 3. The lowest BCUT2D eigenvalue weighted by Crippen LogP contribution is -2.95. The molecule has 0 spiro atoms. The number of quaternary nitrogens is 2. The number of fused-ring (bicyclic) bond motifs is 2. The Hall–Kier alpha value is -1.64. The van der Waals surface area contributed by atoms with Crippen molar-refractivity contribution < 1.29 is 40.3 Å². The summed E-state index contributed by atoms with van der Waals surface area (Å²) in [7, 11) is 1.66. The fraction of sp³-hybridized carbons (Fsp3) is 0.870. The van der Waals surface area contributed by atoms with Crippen molar-refractivity contribution in [2.45, 2.75) is 178 Å². The van der Waals surface area contributed by atoms with Crippen LogP contribution in [-0.4, -0.2) is 83.7 Å². The molecule has 0 aromatic rings. The van der Waals surface area contributed by atoms with Crippen LogP contribution in [0.25, 0.3) is 0 Å². The number of ketones is 2. The van der Waals surface area contributed by atoms with E-state index in [1.807, 2.05) is 0 Å². The number of Topliss-reactive ketones (excluding diaryl/α,β-unsaturated/α-hetero) is 2. The van der Waals surface area contributed by atoms with Gasteiger partial charge in [-0.05, 0) is 107 Å². The number of hydrogen-bond donors (Lipinski definition) is 6. The normalized spacial score (nSPS) is 38.1. The molecule has 0 aromatic heterocycles. The summed E-state index contributed by atoms with van der Waals surface area (Å²) in [5.74, 6) is 9.64. The molecule has 4 aliphatic carbocycles. The van der Waals surface area contributed by atoms with Crippen LogP contribution in [-0.2, 0) is 14.3 Å². The van der Waals surface area contributed by atoms with E-state index in [1.165, 1.54) is 38.5 Å². The van der Waals surface area contributed by atoms with Crippen LogP contribution < -0.4 is 16.4 Å². The minimum Gasteiger partial charge on any atom is -0.393 e. The first-order valence-corrected chi connectivity index (χ1v) is 22.9. The van der Waals surface area contributed by atoms with Crippen LogP contribution in [0.2, 0.25) is 0 Å². The number of hydrogen-bond acceptors (Lipinski definition) is 7. The number of carbonyl (C=O) groups excluding carboxylic acids is 2. The third-order valence-electron chi connectivity index (χ3n) is 15.3. The van der Waals surface area contributed by atoms with E-state index in [1.54, 1.807) is 7.11 Å². The van der Waals surface area contributed by atoms with Crippen molar-refractivity contribution in [1.29, 1.82) is 0 Å². The predicted molar refractivity (Wildman–Crippen MR) is 214 cm³/mol. The molecular formula is C46H77N3O6+2. The first-order chi connectivity index (χ1) is 26.7. The highest BCUT2D eigenvalue weighted by Crippen LogP contribution is 2.42. The molecule has 0 amide bonds. The standard InChI is InChI=1S/C46H75N3O6/c1-55-45-25-35-16-20-43(53)39(42(52)10-6-5-9-31-23-36-14-18-38(51)27-41(36)49-29-31)19-15-32(40(35)28-44(45)54)13-17-37(50)24-33(34-21-22-48-46(47)26-34)12-11-30-7-3-2-4-8-30/h11-12,30-37,39-42,44-46,48-50,52,54H,2-10,13-14,16-18,20-29,47H2,1H3/p+2. The van der Waals surface area contributed by atoms with E-state index < -0.39 is 24.2 Å². The van der Waals surface area contributed by atoms with E-state index in [2.05, 4.69) is 34.6 Å². The molecule has 55 heavy (non-hydrogen) atoms. The van der Waals surface area contributed by atoms with Gasteiger partial charge in [-0.1, -0.05) is 56.1 Å². The number of unbranched alkanes of at least 4 members (excludes halogenated alkanes) is 1. The third-order valence-corrected chi connectivity index (χ3v) is 15.3. The Kier molecular flexibility index (Phi) is 16.7. The lowest BCUT2D eigenvalue weighted by molar-refractivity contribution is -0.711. The van der Waals surface area contributed by atoms with Crippen LogP contribution in [0.1, 0.15) is 141 Å². The van der Waals surface area contributed by atoms with Gasteiger partial charge in [-0.25, -0.2) is 0 Å². The number of piperidine rings is 2. The Bertz CT molecular complexity index is 1310. The first-order valence-electron chi connectivity index (χ1n) is 22.9. The van der Waals surface area contributed by atoms with Crippen LogP contribution in [0.5, 0.6) is 0 Å². The minimum absolute atomic E-state index is 0.0369. The van der Waals surface area contributed by atoms with Crippen molar-refractivity contribution in [2.75, 3.05) is 20.2 Å². The van der Waals surface area contributed by atoms with Crippen molar-refractivity contribution in [1.82, 2.24) is 0 Å². The molecule has 9 nitrogen and oxygen atoms in total. The number of methoxy groups -OCH3 is 1. The molecule has 5 fully saturated rings. The van der Waals surface area contributed by atoms with E-state index in [4.69, 9.17) is 10.5 Å². The Morgan fingerprint density at radius 3 is 2.53 bits per heavy atom. The molecule has 6 rings (SSSR count). The van der Waals surface area contributed by atoms with Crippen LogP contribution >= 0.6 is 0 Å². The Morgan fingerprint density at radius 2 is 1.73 bits per heavy atom. The van der Waals surface area contributed by atoms with Crippen LogP contribution in [0, 0.1) is 65.1 Å². The average Bonchev–Trinajstić information content (AvgIpc) is 3.25. The van der Waals surface area contributed by atoms with Crippen molar-refractivity contribution in [3.63, 3.8) is 0 Å². The molecule has 14 atom stereocenters. The summed E-state index contributed by atoms with van der Waals surface area (Å²) in [6.07, 6.45) is 23.3. The maximum absolute atomic E-state index is 13.7. The lowest BCUT2D eigenvalue weighted by atomic mass is 9.67. The summed E-state index contributed by atoms with van der Waals surface area (Å²) in [6.45, 7) is 2.13. The summed E-state index contributed by atoms with van der Waals surface area (Å²) < 4.78 is 5.70. The second-order valence-electron chi connectivity index (χ2n) is 19.1. The van der Waals surface area contributed by atoms with Crippen LogP contribution in [0.4, 0.5) is 0 Å². The number of ether oxygens (including phenoxy) is 1. The quantitative estimate of drug-likeness (QED) is 0.0840. The molecule has 3 saturated carbocycles. The number of rotatable bonds is 15. The fourth-order valence-corrected chi connectivity index (χ4v) is 11.9. The predicted octanol–water partition coefficient (Wildman–Crippen LogP) is 3.77. The summed E-state index contributed by atoms with van der Waals surface area (Å²) in [6, 6.07) is 0.483. The largest absolute Gasteiger partial charge is 0.393 e. The fourth-order valence-electron chi connectivity index (χ4n) is 11.9. The van der Waals surface area contributed by atoms with Gasteiger partial charge in [-0.2, -0.15) is 0 Å². The van der Waals surface area contributed by atoms with Crippen LogP contribution in [0.3, 0.4) is 0 Å². The van der Waals surface area contributed by atoms with Gasteiger partial charge in [-0.15, -0.1) is 0 Å². The van der Waals surface area contributed by atoms with Gasteiger partial charge in [0.15, 0.2) is 0 Å². The third kappa shape index (κ3) is 12.4. The van der Waals surface area contributed by atoms with Gasteiger partial charge < -0.3 is 30.7 Å². The highest BCUT2D eigenvalue weighted by Gasteiger charge is 2.42. The Labute approximate surface area is 332 Å². The molecule has 0 bridgehead atoms. The molecule has 0 aromatic carbocycles. The van der Waals surface area contributed by atoms with Gasteiger partial charge in [0.2, 0.25) is 0 Å². The number of aliphatic hydroxyl groups excluding tert-OH is 3. The van der Waals surface area contributed by atoms with Gasteiger partial charge >= 0.3 is 0 Å². The molecule has 9 heteroatoms. The van der Waals surface area contributed by atoms with Gasteiger partial charge in [0, 0.05) is 50.5 Å². The SMILES string of the molecule is COC1CC2CCC(=O)C(C(O)CCCCC3C[NH2+]C4CC(=O)CCC4C3)C#CC(CCC(O)CC(C=CC3CCCCC3)C3CC[NH2+]C(N)C3)C2CC1O. The summed E-state index contributed by atoms with van der Waals surface area (Å²) >= 11 is 0. The van der Waals surface area contributed by atoms with E-state index in [0.717, 1.165) is 70.9 Å². The van der Waals surface area contributed by atoms with E-state index >= 15 is 0 Å². The molecule has 6 aliphatic rings. The summed E-state index contributed by atoms with van der Waals surface area (Å²) in [4.78, 5) is 25.6. The highest BCUT2D eigenvalue weighted by molar-refractivity contribution is 5.84. The number of carbonyl (C=O) groups is 2. The molecule has 9 N–H and O–H groups in total. The zero-order valence-electron chi connectivity index (χ0n) is 34.1. The zero-order chi connectivity index (χ0) is 38.7. The second-order valence-corrected chi connectivity index (χ2v) is 19.1. The lowest BCUT2D eigenvalue weighted by Gasteiger charge is -2.41. The smallest absolute Gasteiger partial charge is 0.150 e. The maximum atomic E-state index is 13.7. The molecular weight excluding hydrogens is 691 g/mol. The average molecular weight is 768 g/mol. The van der Waals surface area contributed by atoms with Crippen molar-refractivity contribution >= 4 is 11.6 Å². The Balaban J connectivity index is 1.07. The summed E-state index contributed by atoms with van der Waals surface area (Å²) in [5, 5.41) is 38.9. The molecule has 310 valence electrons. The Morgan fingerprint density at radius 1 is 0.909 bits per heavy atom. The van der Waals surface area contributed by atoms with Crippen molar-refractivity contribution in [2.24, 2.45) is 59.0 Å². The van der Waals surface area contributed by atoms with Crippen molar-refractivity contribution in [3.05, 3.63) is 12.2 Å². The molecule has 14 unspecified atom stereocenters. The van der Waals surface area contributed by atoms with E-state index in [0.29, 0.717) is 86.4 Å². The van der Waals surface area contributed by atoms with Crippen molar-refractivity contribution in [3.8, 4) is 11.8 Å². The zero-order valence-corrected chi connectivity index (χ0v) is 34.1. The number of nitrogens with two attached hydrogens (primary N) is 3. The monoisotopic (exact) mass is 768 g/mol. The van der Waals surface area contributed by atoms with E-state index in [9.17, 15) is 24.9 Å².